The molecule has 1 N–H and O–H groups in total. The average molecular weight is 389 g/mol. The second kappa shape index (κ2) is 12.0. The van der Waals surface area contributed by atoms with E-state index in [1.54, 1.807) is 6.92 Å². The molecule has 28 heavy (non-hydrogen) atoms. The van der Waals surface area contributed by atoms with Crippen molar-refractivity contribution in [1.82, 2.24) is 0 Å². The number of unbranched alkanes of at least 4 members (excludes halogenated alkanes) is 1. The van der Waals surface area contributed by atoms with Crippen molar-refractivity contribution in [1.29, 1.82) is 0 Å². The van der Waals surface area contributed by atoms with Crippen LogP contribution in [0.25, 0.3) is 0 Å². The molecule has 0 bridgehead atoms. The van der Waals surface area contributed by atoms with Gasteiger partial charge in [0.1, 0.15) is 6.10 Å². The zero-order valence-electron chi connectivity index (χ0n) is 17.5. The van der Waals surface area contributed by atoms with Crippen LogP contribution in [0.2, 0.25) is 0 Å². The first-order valence-electron chi connectivity index (χ1n) is 10.7. The Kier molecular flexibility index (Phi) is 9.72. The molecule has 1 fully saturated rings. The monoisotopic (exact) mass is 388 g/mol. The van der Waals surface area contributed by atoms with E-state index >= 15 is 0 Å². The molecule has 1 saturated carbocycles. The maximum absolute atomic E-state index is 11.8. The lowest BCUT2D eigenvalue weighted by atomic mass is 9.82. The van der Waals surface area contributed by atoms with Crippen molar-refractivity contribution < 1.29 is 19.4 Å². The Labute approximate surface area is 169 Å². The molecule has 1 aliphatic rings. The van der Waals surface area contributed by atoms with Gasteiger partial charge in [0, 0.05) is 31.6 Å². The number of aliphatic hydroxyl groups is 1. The van der Waals surface area contributed by atoms with Crippen LogP contribution in [-0.2, 0) is 20.7 Å². The Morgan fingerprint density at radius 3 is 2.46 bits per heavy atom. The first-order chi connectivity index (χ1) is 13.5. The average Bonchev–Trinajstić information content (AvgIpc) is 2.69. The summed E-state index contributed by atoms with van der Waals surface area (Å²) < 4.78 is 11.4. The molecule has 0 amide bonds. The van der Waals surface area contributed by atoms with Gasteiger partial charge in [-0.05, 0) is 56.1 Å². The zero-order chi connectivity index (χ0) is 20.4. The van der Waals surface area contributed by atoms with E-state index in [1.165, 1.54) is 24.8 Å². The highest BCUT2D eigenvalue weighted by atomic mass is 16.5. The molecule has 0 aromatic heterocycles. The van der Waals surface area contributed by atoms with E-state index < -0.39 is 5.97 Å². The minimum absolute atomic E-state index is 0.00418. The van der Waals surface area contributed by atoms with Crippen LogP contribution in [0.1, 0.15) is 75.8 Å². The van der Waals surface area contributed by atoms with Gasteiger partial charge in [0.05, 0.1) is 6.10 Å². The van der Waals surface area contributed by atoms with Crippen molar-refractivity contribution in [3.63, 3.8) is 0 Å². The molecular weight excluding hydrogens is 352 g/mol. The number of rotatable bonds is 11. The number of carbonyl (C=O) groups is 1. The van der Waals surface area contributed by atoms with Crippen molar-refractivity contribution in [2.45, 2.75) is 83.3 Å². The second-order valence-corrected chi connectivity index (χ2v) is 7.96. The minimum atomic E-state index is -0.395. The van der Waals surface area contributed by atoms with Gasteiger partial charge in [0.2, 0.25) is 0 Å². The molecule has 0 spiro atoms. The van der Waals surface area contributed by atoms with Crippen LogP contribution in [0.4, 0.5) is 0 Å². The molecule has 1 aliphatic carbocycles. The van der Waals surface area contributed by atoms with Gasteiger partial charge in [-0.3, -0.25) is 0 Å². The van der Waals surface area contributed by atoms with Gasteiger partial charge < -0.3 is 14.6 Å². The third-order valence-corrected chi connectivity index (χ3v) is 5.51. The van der Waals surface area contributed by atoms with Crippen molar-refractivity contribution in [2.75, 3.05) is 13.2 Å². The van der Waals surface area contributed by atoms with Gasteiger partial charge in [0.15, 0.2) is 0 Å². The quantitative estimate of drug-likeness (QED) is 0.331. The predicted octanol–water partition coefficient (Wildman–Crippen LogP) is 4.94. The summed E-state index contributed by atoms with van der Waals surface area (Å²) >= 11 is 0. The lowest BCUT2D eigenvalue weighted by Crippen LogP contribution is -2.22. The van der Waals surface area contributed by atoms with Crippen LogP contribution >= 0.6 is 0 Å². The Morgan fingerprint density at radius 1 is 1.21 bits per heavy atom. The lowest BCUT2D eigenvalue weighted by molar-refractivity contribution is -0.144. The highest BCUT2D eigenvalue weighted by Gasteiger charge is 2.23. The first-order valence-corrected chi connectivity index (χ1v) is 10.7. The molecule has 0 aliphatic heterocycles. The number of benzene rings is 1. The molecule has 156 valence electrons. The fourth-order valence-corrected chi connectivity index (χ4v) is 3.74. The largest absolute Gasteiger partial charge is 0.459 e. The van der Waals surface area contributed by atoms with E-state index in [2.05, 4.69) is 37.8 Å². The Morgan fingerprint density at radius 2 is 1.89 bits per heavy atom. The number of hydrogen-bond donors (Lipinski definition) is 1. The van der Waals surface area contributed by atoms with Crippen LogP contribution in [-0.4, -0.2) is 36.5 Å². The molecule has 2 rings (SSSR count). The van der Waals surface area contributed by atoms with Crippen LogP contribution in [0.5, 0.6) is 0 Å². The number of aliphatic hydroxyl groups excluding tert-OH is 1. The molecule has 1 aromatic carbocycles. The van der Waals surface area contributed by atoms with Gasteiger partial charge in [-0.1, -0.05) is 44.2 Å². The molecule has 1 atom stereocenters. The summed E-state index contributed by atoms with van der Waals surface area (Å²) in [5, 5.41) is 9.25. The third kappa shape index (κ3) is 7.40. The van der Waals surface area contributed by atoms with Crippen LogP contribution < -0.4 is 0 Å². The van der Waals surface area contributed by atoms with Crippen molar-refractivity contribution in [3.8, 4) is 0 Å². The van der Waals surface area contributed by atoms with Gasteiger partial charge >= 0.3 is 5.97 Å². The van der Waals surface area contributed by atoms with Crippen molar-refractivity contribution in [2.24, 2.45) is 0 Å². The van der Waals surface area contributed by atoms with Crippen LogP contribution in [0.15, 0.2) is 36.4 Å². The molecule has 1 aromatic rings. The molecule has 4 heteroatoms. The van der Waals surface area contributed by atoms with Gasteiger partial charge in [-0.25, -0.2) is 4.79 Å². The lowest BCUT2D eigenvalue weighted by Gasteiger charge is -2.29. The highest BCUT2D eigenvalue weighted by molar-refractivity contribution is 5.87. The summed E-state index contributed by atoms with van der Waals surface area (Å²) in [5.41, 5.74) is 2.88. The summed E-state index contributed by atoms with van der Waals surface area (Å²) in [6.45, 7) is 8.34. The molecule has 0 radical (unpaired) electrons. The third-order valence-electron chi connectivity index (χ3n) is 5.51. The Bertz CT molecular complexity index is 600. The smallest absolute Gasteiger partial charge is 0.333 e. The first kappa shape index (κ1) is 22.6. The van der Waals surface area contributed by atoms with Crippen LogP contribution in [0.3, 0.4) is 0 Å². The maximum atomic E-state index is 11.8. The summed E-state index contributed by atoms with van der Waals surface area (Å²) in [5.74, 6) is 0.211. The van der Waals surface area contributed by atoms with E-state index in [1.807, 2.05) is 0 Å². The molecule has 0 heterocycles. The number of esters is 1. The fourth-order valence-electron chi connectivity index (χ4n) is 3.74. The zero-order valence-corrected chi connectivity index (χ0v) is 17.5. The Hall–Kier alpha value is -1.65. The molecule has 4 nitrogen and oxygen atoms in total. The number of carbonyl (C=O) groups excluding carboxylic acids is 1. The molecular formula is C24H36O4. The molecule has 0 saturated heterocycles. The second-order valence-electron chi connectivity index (χ2n) is 7.96. The summed E-state index contributed by atoms with van der Waals surface area (Å²) in [4.78, 5) is 11.8. The van der Waals surface area contributed by atoms with E-state index in [9.17, 15) is 9.90 Å². The van der Waals surface area contributed by atoms with Crippen molar-refractivity contribution >= 4 is 5.97 Å². The fraction of sp³-hybridized carbons (Fsp3) is 0.625. The standard InChI is InChI=1S/C24H36O4/c1-4-5-16-27-22-12-10-21(11-13-22)20-8-6-19(7-9-20)17-23(14-15-25)28-24(26)18(2)3/h6-9,21-23,25H,2,4-5,10-17H2,1,3H3. The van der Waals surface area contributed by atoms with Crippen LogP contribution in [0, 0.1) is 0 Å². The summed E-state index contributed by atoms with van der Waals surface area (Å²) in [6.07, 6.45) is 8.14. The molecule has 1 unspecified atom stereocenters. The highest BCUT2D eigenvalue weighted by Crippen LogP contribution is 2.34. The van der Waals surface area contributed by atoms with Gasteiger partial charge in [-0.15, -0.1) is 0 Å². The number of ether oxygens (including phenoxy) is 2. The summed E-state index contributed by atoms with van der Waals surface area (Å²) in [6, 6.07) is 8.65. The van der Waals surface area contributed by atoms with Gasteiger partial charge in [-0.2, -0.15) is 0 Å². The maximum Gasteiger partial charge on any atom is 0.333 e. The van der Waals surface area contributed by atoms with E-state index in [4.69, 9.17) is 9.47 Å². The normalized spacial score (nSPS) is 20.5. The SMILES string of the molecule is C=C(C)C(=O)OC(CCO)Cc1ccc(C2CCC(OCCCC)CC2)cc1. The predicted molar refractivity (Wildman–Crippen MR) is 112 cm³/mol. The van der Waals surface area contributed by atoms with E-state index in [0.717, 1.165) is 31.4 Å². The Balaban J connectivity index is 1.85. The topological polar surface area (TPSA) is 55.8 Å². The summed E-state index contributed by atoms with van der Waals surface area (Å²) in [7, 11) is 0. The van der Waals surface area contributed by atoms with Gasteiger partial charge in [0.25, 0.3) is 0 Å². The van der Waals surface area contributed by atoms with E-state index in [0.29, 0.717) is 30.4 Å². The minimum Gasteiger partial charge on any atom is -0.459 e. The van der Waals surface area contributed by atoms with Crippen molar-refractivity contribution in [3.05, 3.63) is 47.5 Å². The van der Waals surface area contributed by atoms with E-state index in [-0.39, 0.29) is 12.7 Å². The number of hydrogen-bond acceptors (Lipinski definition) is 4.